The lowest BCUT2D eigenvalue weighted by Crippen LogP contribution is -2.18. The van der Waals surface area contributed by atoms with Gasteiger partial charge in [0.2, 0.25) is 0 Å². The second-order valence-corrected chi connectivity index (χ2v) is 9.14. The number of nitrogens with zero attached hydrogens (tertiary/aromatic N) is 5. The first kappa shape index (κ1) is 28.5. The van der Waals surface area contributed by atoms with Crippen LogP contribution in [-0.4, -0.2) is 42.5 Å². The summed E-state index contributed by atoms with van der Waals surface area (Å²) in [5, 5.41) is 18.8. The molecule has 0 fully saturated rings. The fourth-order valence-electron chi connectivity index (χ4n) is 3.82. The van der Waals surface area contributed by atoms with Crippen LogP contribution in [0, 0.1) is 18.3 Å². The van der Waals surface area contributed by atoms with Crippen molar-refractivity contribution in [3.05, 3.63) is 89.9 Å². The molecule has 0 unspecified atom stereocenters. The topological polar surface area (TPSA) is 127 Å². The SMILES string of the molecule is C=C/C=C(\C(=NC)Nc1cc(NC(=O)c2cccc(C(C)(C)C#N)c2)ccc1C)c1ncnc(NC)c1N=C. The molecule has 2 aromatic carbocycles. The maximum Gasteiger partial charge on any atom is 0.255 e. The van der Waals surface area contributed by atoms with Gasteiger partial charge in [0.1, 0.15) is 23.5 Å². The van der Waals surface area contributed by atoms with Gasteiger partial charge in [-0.25, -0.2) is 9.97 Å². The van der Waals surface area contributed by atoms with E-state index in [1.807, 2.05) is 45.0 Å². The van der Waals surface area contributed by atoms with Crippen LogP contribution in [0.3, 0.4) is 0 Å². The summed E-state index contributed by atoms with van der Waals surface area (Å²) in [6.07, 6.45) is 4.86. The Morgan fingerprint density at radius 2 is 1.92 bits per heavy atom. The van der Waals surface area contributed by atoms with E-state index in [1.165, 1.54) is 6.33 Å². The van der Waals surface area contributed by atoms with Gasteiger partial charge in [0.05, 0.1) is 11.5 Å². The monoisotopic (exact) mass is 520 g/mol. The van der Waals surface area contributed by atoms with Gasteiger partial charge < -0.3 is 16.0 Å². The second kappa shape index (κ2) is 12.4. The minimum atomic E-state index is -0.706. The molecular formula is C30H32N8O. The number of carbonyl (C=O) groups is 1. The number of aliphatic imine (C=N–C) groups is 2. The summed E-state index contributed by atoms with van der Waals surface area (Å²) >= 11 is 0. The van der Waals surface area contributed by atoms with Gasteiger partial charge in [-0.3, -0.25) is 14.8 Å². The molecule has 0 radical (unpaired) electrons. The van der Waals surface area contributed by atoms with E-state index in [-0.39, 0.29) is 5.91 Å². The molecule has 1 aromatic heterocycles. The van der Waals surface area contributed by atoms with Crippen molar-refractivity contribution in [2.45, 2.75) is 26.2 Å². The van der Waals surface area contributed by atoms with E-state index < -0.39 is 5.41 Å². The number of nitrogens with one attached hydrogen (secondary N) is 3. The van der Waals surface area contributed by atoms with Crippen molar-refractivity contribution >= 4 is 46.9 Å². The van der Waals surface area contributed by atoms with Crippen molar-refractivity contribution < 1.29 is 4.79 Å². The van der Waals surface area contributed by atoms with Crippen LogP contribution in [0.1, 0.15) is 41.0 Å². The van der Waals surface area contributed by atoms with Gasteiger partial charge in [0.15, 0.2) is 5.82 Å². The molecule has 0 aliphatic heterocycles. The third kappa shape index (κ3) is 6.43. The maximum atomic E-state index is 13.1. The van der Waals surface area contributed by atoms with Crippen LogP contribution in [0.2, 0.25) is 0 Å². The van der Waals surface area contributed by atoms with E-state index in [0.717, 1.165) is 16.8 Å². The standard InChI is InChI=1S/C30H32N8O/c1-8-10-23(25-26(32-5)28(34-7)36-18-35-25)27(33-6)38-24-16-22(14-13-19(24)2)37-29(39)20-11-9-12-21(15-20)30(3,4)17-31/h8-16,18H,1,5H2,2-4,6-7H3,(H,33,38)(H,37,39)(H,34,35,36)/b23-10-. The molecule has 0 bridgehead atoms. The molecule has 0 aliphatic carbocycles. The zero-order chi connectivity index (χ0) is 28.6. The van der Waals surface area contributed by atoms with Gasteiger partial charge in [-0.1, -0.05) is 30.9 Å². The van der Waals surface area contributed by atoms with Crippen LogP contribution in [0.4, 0.5) is 22.9 Å². The average molecular weight is 521 g/mol. The summed E-state index contributed by atoms with van der Waals surface area (Å²) in [7, 11) is 3.41. The highest BCUT2D eigenvalue weighted by molar-refractivity contribution is 6.29. The number of hydrogen-bond donors (Lipinski definition) is 3. The molecule has 9 heteroatoms. The third-order valence-corrected chi connectivity index (χ3v) is 6.11. The largest absolute Gasteiger partial charge is 0.371 e. The molecule has 3 aromatic rings. The van der Waals surface area contributed by atoms with Crippen molar-refractivity contribution in [1.82, 2.24) is 9.97 Å². The van der Waals surface area contributed by atoms with Crippen LogP contribution in [0.25, 0.3) is 5.57 Å². The first-order valence-electron chi connectivity index (χ1n) is 12.2. The number of amides is 1. The van der Waals surface area contributed by atoms with Crippen molar-refractivity contribution in [3.8, 4) is 6.07 Å². The molecule has 0 spiro atoms. The van der Waals surface area contributed by atoms with E-state index in [2.05, 4.69) is 55.3 Å². The van der Waals surface area contributed by atoms with Crippen LogP contribution >= 0.6 is 0 Å². The van der Waals surface area contributed by atoms with E-state index in [0.29, 0.717) is 39.9 Å². The molecule has 198 valence electrons. The Morgan fingerprint density at radius 1 is 1.15 bits per heavy atom. The van der Waals surface area contributed by atoms with E-state index in [4.69, 9.17) is 0 Å². The van der Waals surface area contributed by atoms with Crippen molar-refractivity contribution in [2.75, 3.05) is 30.0 Å². The minimum absolute atomic E-state index is 0.278. The fourth-order valence-corrected chi connectivity index (χ4v) is 3.82. The molecule has 1 heterocycles. The van der Waals surface area contributed by atoms with Crippen LogP contribution in [0.15, 0.2) is 77.5 Å². The first-order chi connectivity index (χ1) is 18.7. The summed E-state index contributed by atoms with van der Waals surface area (Å²) in [6, 6.07) is 14.9. The molecular weight excluding hydrogens is 488 g/mol. The average Bonchev–Trinajstić information content (AvgIpc) is 2.95. The molecule has 9 nitrogen and oxygen atoms in total. The number of carbonyl (C=O) groups excluding carboxylic acids is 1. The predicted molar refractivity (Wildman–Crippen MR) is 160 cm³/mol. The molecule has 39 heavy (non-hydrogen) atoms. The summed E-state index contributed by atoms with van der Waals surface area (Å²) in [5.41, 5.74) is 4.44. The number of aromatic nitrogens is 2. The number of rotatable bonds is 9. The number of benzene rings is 2. The Kier molecular flexibility index (Phi) is 9.07. The lowest BCUT2D eigenvalue weighted by Gasteiger charge is -2.18. The van der Waals surface area contributed by atoms with Gasteiger partial charge in [-0.05, 0) is 69.0 Å². The van der Waals surface area contributed by atoms with Gasteiger partial charge in [0, 0.05) is 36.6 Å². The lowest BCUT2D eigenvalue weighted by molar-refractivity contribution is 0.102. The van der Waals surface area contributed by atoms with E-state index in [9.17, 15) is 10.1 Å². The van der Waals surface area contributed by atoms with Gasteiger partial charge in [-0.2, -0.15) is 5.26 Å². The Morgan fingerprint density at radius 3 is 2.56 bits per heavy atom. The number of aryl methyl sites for hydroxylation is 1. The summed E-state index contributed by atoms with van der Waals surface area (Å²) in [5.74, 6) is 0.765. The molecule has 0 saturated heterocycles. The molecule has 1 amide bonds. The Hall–Kier alpha value is -5.10. The summed E-state index contributed by atoms with van der Waals surface area (Å²) < 4.78 is 0. The molecule has 0 atom stereocenters. The highest BCUT2D eigenvalue weighted by Crippen LogP contribution is 2.32. The third-order valence-electron chi connectivity index (χ3n) is 6.11. The van der Waals surface area contributed by atoms with Gasteiger partial charge in [0.25, 0.3) is 5.91 Å². The molecule has 3 N–H and O–H groups in total. The summed E-state index contributed by atoms with van der Waals surface area (Å²) in [6.45, 7) is 13.1. The highest BCUT2D eigenvalue weighted by Gasteiger charge is 2.21. The van der Waals surface area contributed by atoms with Crippen molar-refractivity contribution in [2.24, 2.45) is 9.98 Å². The zero-order valence-electron chi connectivity index (χ0n) is 22.8. The molecule has 0 aliphatic rings. The second-order valence-electron chi connectivity index (χ2n) is 9.14. The van der Waals surface area contributed by atoms with Gasteiger partial charge in [-0.15, -0.1) is 0 Å². The number of allylic oxidation sites excluding steroid dienone is 2. The smallest absolute Gasteiger partial charge is 0.255 e. The number of hydrogen-bond acceptors (Lipinski definition) is 7. The first-order valence-corrected chi connectivity index (χ1v) is 12.2. The predicted octanol–water partition coefficient (Wildman–Crippen LogP) is 5.92. The number of amidine groups is 1. The van der Waals surface area contributed by atoms with Gasteiger partial charge >= 0.3 is 0 Å². The van der Waals surface area contributed by atoms with Crippen LogP contribution in [-0.2, 0) is 5.41 Å². The number of anilines is 3. The number of nitriles is 1. The molecule has 3 rings (SSSR count). The maximum absolute atomic E-state index is 13.1. The normalized spacial score (nSPS) is 11.8. The highest BCUT2D eigenvalue weighted by atomic mass is 16.1. The van der Waals surface area contributed by atoms with Crippen molar-refractivity contribution in [3.63, 3.8) is 0 Å². The fraction of sp³-hybridized carbons (Fsp3) is 0.200. The van der Waals surface area contributed by atoms with Crippen LogP contribution < -0.4 is 16.0 Å². The zero-order valence-corrected chi connectivity index (χ0v) is 22.8. The van der Waals surface area contributed by atoms with E-state index in [1.54, 1.807) is 44.4 Å². The Balaban J connectivity index is 1.93. The quantitative estimate of drug-likeness (QED) is 0.182. The van der Waals surface area contributed by atoms with Crippen molar-refractivity contribution in [1.29, 1.82) is 5.26 Å². The van der Waals surface area contributed by atoms with Crippen LogP contribution in [0.5, 0.6) is 0 Å². The Labute approximate surface area is 229 Å². The Bertz CT molecular complexity index is 1510. The summed E-state index contributed by atoms with van der Waals surface area (Å²) in [4.78, 5) is 30.3. The minimum Gasteiger partial charge on any atom is -0.371 e. The van der Waals surface area contributed by atoms with E-state index >= 15 is 0 Å². The lowest BCUT2D eigenvalue weighted by atomic mass is 9.85. The molecule has 0 saturated carbocycles.